The van der Waals surface area contributed by atoms with Crippen molar-refractivity contribution >= 4 is 58.1 Å². The predicted octanol–water partition coefficient (Wildman–Crippen LogP) is 7.51. The van der Waals surface area contributed by atoms with Gasteiger partial charge in [-0.2, -0.15) is 0 Å². The first-order chi connectivity index (χ1) is 31.3. The van der Waals surface area contributed by atoms with Crippen molar-refractivity contribution in [2.24, 2.45) is 0 Å². The highest BCUT2D eigenvalue weighted by Gasteiger charge is 2.29. The summed E-state index contributed by atoms with van der Waals surface area (Å²) in [6.07, 6.45) is -2.33. The van der Waals surface area contributed by atoms with E-state index < -0.39 is 83.5 Å². The van der Waals surface area contributed by atoms with Crippen LogP contribution >= 0.6 is 15.9 Å². The molecule has 67 heavy (non-hydrogen) atoms. The molecular weight excluding hydrogens is 938 g/mol. The van der Waals surface area contributed by atoms with E-state index in [0.29, 0.717) is 11.8 Å². The second kappa shape index (κ2) is 30.1. The molecule has 0 radical (unpaired) electrons. The van der Waals surface area contributed by atoms with Crippen LogP contribution in [0.3, 0.4) is 0 Å². The summed E-state index contributed by atoms with van der Waals surface area (Å²) in [7, 11) is 0. The van der Waals surface area contributed by atoms with Gasteiger partial charge in [-0.3, -0.25) is 4.79 Å². The minimum absolute atomic E-state index is 0.00814. The summed E-state index contributed by atoms with van der Waals surface area (Å²) in [5, 5.41) is 25.6. The number of hydrogen-bond donors (Lipinski definition) is 5. The van der Waals surface area contributed by atoms with Crippen LogP contribution < -0.4 is 16.0 Å². The lowest BCUT2D eigenvalue weighted by Gasteiger charge is -2.22. The number of amides is 3. The Morgan fingerprint density at radius 2 is 0.776 bits per heavy atom. The predicted molar refractivity (Wildman–Crippen MR) is 251 cm³/mol. The van der Waals surface area contributed by atoms with Gasteiger partial charge in [0.15, 0.2) is 0 Å². The summed E-state index contributed by atoms with van der Waals surface area (Å²) in [4.78, 5) is 82.1. The zero-order valence-electron chi connectivity index (χ0n) is 39.6. The molecule has 5 N–H and O–H groups in total. The average molecular weight is 1000 g/mol. The van der Waals surface area contributed by atoms with Gasteiger partial charge in [0.1, 0.15) is 54.7 Å². The molecule has 0 aromatic heterocycles. The number of carboxylic acids is 1. The molecule has 3 aromatic carbocycles. The summed E-state index contributed by atoms with van der Waals surface area (Å²) in [5.74, 6) is -3.15. The number of benzene rings is 3. The third-order valence-corrected chi connectivity index (χ3v) is 8.25. The van der Waals surface area contributed by atoms with Gasteiger partial charge in [-0.1, -0.05) is 107 Å². The number of halogens is 1. The van der Waals surface area contributed by atoms with E-state index in [1.807, 2.05) is 66.7 Å². The molecule has 3 aromatic rings. The van der Waals surface area contributed by atoms with E-state index in [1.165, 1.54) is 0 Å². The fraction of sp³-hybridized carbons (Fsp3) is 0.479. The topological polar surface area (TPSA) is 251 Å². The van der Waals surface area contributed by atoms with E-state index in [-0.39, 0.29) is 32.8 Å². The third kappa shape index (κ3) is 29.8. The molecule has 0 heterocycles. The summed E-state index contributed by atoms with van der Waals surface area (Å²) >= 11 is 3.27. The largest absolute Gasteiger partial charge is 0.481 e. The molecule has 0 saturated heterocycles. The maximum atomic E-state index is 12.1. The van der Waals surface area contributed by atoms with Crippen molar-refractivity contribution < 1.29 is 72.2 Å². The number of esters is 3. The van der Waals surface area contributed by atoms with Crippen molar-refractivity contribution in [2.75, 3.05) is 11.9 Å². The van der Waals surface area contributed by atoms with Crippen LogP contribution in [-0.4, -0.2) is 99.2 Å². The van der Waals surface area contributed by atoms with E-state index in [4.69, 9.17) is 38.6 Å². The van der Waals surface area contributed by atoms with E-state index in [0.717, 1.165) is 16.7 Å². The number of hydrogen-bond acceptors (Lipinski definition) is 14. The van der Waals surface area contributed by atoms with Crippen LogP contribution in [0.15, 0.2) is 91.0 Å². The Hall–Kier alpha value is -6.21. The van der Waals surface area contributed by atoms with Gasteiger partial charge in [-0.25, -0.2) is 28.8 Å². The number of aliphatic hydroxyl groups excluding tert-OH is 1. The SMILES string of the molecule is CC(C)(C)OC(=O)N[C@@H](CC(=O)O)C(=O)OCc1ccccc1.CC(C)(C)OC(=O)N[C@@H](CCBr)C(=O)OCc1ccccc1.CC(C)(C)OC(=O)N[C@@H](CCO)C(=O)OCc1ccccc1. The minimum Gasteiger partial charge on any atom is -0.481 e. The lowest BCUT2D eigenvalue weighted by molar-refractivity contribution is -0.151. The molecule has 19 heteroatoms. The third-order valence-electron chi connectivity index (χ3n) is 7.79. The van der Waals surface area contributed by atoms with Crippen LogP contribution in [0.1, 0.15) is 98.3 Å². The Balaban J connectivity index is 0.000000503. The van der Waals surface area contributed by atoms with E-state index >= 15 is 0 Å². The number of carbonyl (C=O) groups is 7. The molecule has 3 amide bonds. The molecule has 0 aliphatic carbocycles. The molecule has 370 valence electrons. The number of ether oxygens (including phenoxy) is 6. The maximum absolute atomic E-state index is 12.1. The Morgan fingerprint density at radius 1 is 0.493 bits per heavy atom. The maximum Gasteiger partial charge on any atom is 0.408 e. The number of alkyl carbamates (subject to hydrolysis) is 3. The fourth-order valence-corrected chi connectivity index (χ4v) is 5.40. The molecule has 0 spiro atoms. The Bertz CT molecular complexity index is 1880. The molecule has 0 bridgehead atoms. The molecular formula is C48H66BrN3O15. The lowest BCUT2D eigenvalue weighted by Crippen LogP contribution is -2.45. The van der Waals surface area contributed by atoms with Gasteiger partial charge in [-0.05, 0) is 85.4 Å². The van der Waals surface area contributed by atoms with E-state index in [1.54, 1.807) is 86.6 Å². The highest BCUT2D eigenvalue weighted by Crippen LogP contribution is 2.12. The summed E-state index contributed by atoms with van der Waals surface area (Å²) in [6.45, 7) is 15.5. The van der Waals surface area contributed by atoms with Crippen LogP contribution in [-0.2, 0) is 67.4 Å². The normalized spacial score (nSPS) is 12.3. The van der Waals surface area contributed by atoms with E-state index in [9.17, 15) is 33.6 Å². The van der Waals surface area contributed by atoms with Gasteiger partial charge in [0.2, 0.25) is 0 Å². The molecule has 0 aliphatic heterocycles. The molecule has 3 rings (SSSR count). The second-order valence-electron chi connectivity index (χ2n) is 17.5. The molecule has 0 unspecified atom stereocenters. The quantitative estimate of drug-likeness (QED) is 0.0470. The van der Waals surface area contributed by atoms with Gasteiger partial charge in [0.05, 0.1) is 6.42 Å². The molecule has 0 fully saturated rings. The van der Waals surface area contributed by atoms with Gasteiger partial charge in [0, 0.05) is 18.4 Å². The van der Waals surface area contributed by atoms with Gasteiger partial charge in [-0.15, -0.1) is 0 Å². The zero-order chi connectivity index (χ0) is 50.6. The van der Waals surface area contributed by atoms with Crippen LogP contribution in [0, 0.1) is 0 Å². The highest BCUT2D eigenvalue weighted by molar-refractivity contribution is 9.09. The Labute approximate surface area is 400 Å². The monoisotopic (exact) mass is 1000 g/mol. The Kier molecular flexibility index (Phi) is 26.5. The van der Waals surface area contributed by atoms with Crippen molar-refractivity contribution in [3.63, 3.8) is 0 Å². The molecule has 3 atom stereocenters. The number of aliphatic hydroxyl groups is 1. The number of rotatable bonds is 18. The first kappa shape index (κ1) is 58.8. The number of carboxylic acid groups (broad SMARTS) is 1. The van der Waals surface area contributed by atoms with Crippen molar-refractivity contribution in [3.8, 4) is 0 Å². The minimum atomic E-state index is -1.31. The molecule has 0 saturated carbocycles. The number of nitrogens with one attached hydrogen (secondary N) is 3. The number of aliphatic carboxylic acids is 1. The van der Waals surface area contributed by atoms with Crippen LogP contribution in [0.5, 0.6) is 0 Å². The van der Waals surface area contributed by atoms with Gasteiger partial charge < -0.3 is 54.6 Å². The first-order valence-corrected chi connectivity index (χ1v) is 22.4. The molecule has 0 aliphatic rings. The van der Waals surface area contributed by atoms with Crippen LogP contribution in [0.2, 0.25) is 0 Å². The number of carbonyl (C=O) groups excluding carboxylic acids is 6. The standard InChI is InChI=1S/C16H22BrNO4.C16H21NO6.C16H23NO5/c1-16(2,3)22-15(20)18-13(9-10-17)14(19)21-11-12-7-5-4-6-8-12;1-16(2,3)23-15(21)17-12(9-13(18)19)14(20)22-10-11-7-5-4-6-8-11;1-16(2,3)22-15(20)17-13(9-10-18)14(19)21-11-12-7-5-4-6-8-12/h4-8,13H,9-11H2,1-3H3,(H,18,20);4-8,12H,9-10H2,1-3H3,(H,17,21)(H,18,19);4-8,13,18H,9-11H2,1-3H3,(H,17,20)/t13-;12-;13-/m000/s1. The second-order valence-corrected chi connectivity index (χ2v) is 18.3. The number of alkyl halides is 1. The summed E-state index contributed by atoms with van der Waals surface area (Å²) < 4.78 is 30.7. The smallest absolute Gasteiger partial charge is 0.408 e. The van der Waals surface area contributed by atoms with Crippen LogP contribution in [0.4, 0.5) is 14.4 Å². The van der Waals surface area contributed by atoms with Crippen molar-refractivity contribution in [2.45, 2.75) is 136 Å². The van der Waals surface area contributed by atoms with E-state index in [2.05, 4.69) is 31.9 Å². The van der Waals surface area contributed by atoms with Crippen LogP contribution in [0.25, 0.3) is 0 Å². The first-order valence-electron chi connectivity index (χ1n) is 21.3. The lowest BCUT2D eigenvalue weighted by atomic mass is 10.2. The van der Waals surface area contributed by atoms with Crippen molar-refractivity contribution in [1.82, 2.24) is 16.0 Å². The van der Waals surface area contributed by atoms with Gasteiger partial charge in [0.25, 0.3) is 0 Å². The summed E-state index contributed by atoms with van der Waals surface area (Å²) in [5.41, 5.74) is 0.457. The fourth-order valence-electron chi connectivity index (χ4n) is 4.94. The van der Waals surface area contributed by atoms with Gasteiger partial charge >= 0.3 is 42.2 Å². The van der Waals surface area contributed by atoms with Crippen molar-refractivity contribution in [1.29, 1.82) is 0 Å². The zero-order valence-corrected chi connectivity index (χ0v) is 41.2. The Morgan fingerprint density at radius 3 is 1.04 bits per heavy atom. The summed E-state index contributed by atoms with van der Waals surface area (Å²) in [6, 6.07) is 24.5. The highest BCUT2D eigenvalue weighted by atomic mass is 79.9. The average Bonchev–Trinajstić information content (AvgIpc) is 3.22. The molecule has 18 nitrogen and oxygen atoms in total. The van der Waals surface area contributed by atoms with Crippen molar-refractivity contribution in [3.05, 3.63) is 108 Å².